The molecule has 0 heterocycles. The highest BCUT2D eigenvalue weighted by Gasteiger charge is 2.21. The Balaban J connectivity index is 1.92. The van der Waals surface area contributed by atoms with Crippen molar-refractivity contribution in [2.24, 2.45) is 0 Å². The second-order valence-electron chi connectivity index (χ2n) is 5.10. The Morgan fingerprint density at radius 1 is 1.23 bits per heavy atom. The number of carbonyl (C=O) groups is 3. The average molecular weight is 321 g/mol. The van der Waals surface area contributed by atoms with Crippen molar-refractivity contribution in [2.45, 2.75) is 32.1 Å². The molecule has 116 valence electrons. The quantitative estimate of drug-likeness (QED) is 0.679. The summed E-state index contributed by atoms with van der Waals surface area (Å²) < 4.78 is 0. The molecule has 1 saturated carbocycles. The molecule has 1 fully saturated rings. The van der Waals surface area contributed by atoms with Gasteiger partial charge in [0, 0.05) is 36.4 Å². The molecule has 1 amide bonds. The van der Waals surface area contributed by atoms with Crippen LogP contribution in [-0.2, 0) is 14.4 Å². The first-order valence-electron chi connectivity index (χ1n) is 6.95. The van der Waals surface area contributed by atoms with Gasteiger partial charge < -0.3 is 10.4 Å². The lowest BCUT2D eigenvalue weighted by Crippen LogP contribution is -2.23. The molecular formula is C16H15ClNO4-. The van der Waals surface area contributed by atoms with Crippen molar-refractivity contribution in [3.63, 3.8) is 0 Å². The van der Waals surface area contributed by atoms with Crippen molar-refractivity contribution in [3.8, 4) is 0 Å². The summed E-state index contributed by atoms with van der Waals surface area (Å²) in [6.45, 7) is 0. The molecule has 1 aliphatic carbocycles. The number of hydrogen-bond donors (Lipinski definition) is 1. The monoisotopic (exact) mass is 320 g/mol. The summed E-state index contributed by atoms with van der Waals surface area (Å²) >= 11 is 5.81. The van der Waals surface area contributed by atoms with Gasteiger partial charge in [-0.05, 0) is 30.2 Å². The van der Waals surface area contributed by atoms with Gasteiger partial charge in [-0.15, -0.1) is 5.76 Å². The van der Waals surface area contributed by atoms with Crippen LogP contribution in [0.5, 0.6) is 0 Å². The fraction of sp³-hybridized carbons (Fsp3) is 0.312. The van der Waals surface area contributed by atoms with E-state index in [1.165, 1.54) is 0 Å². The van der Waals surface area contributed by atoms with Crippen molar-refractivity contribution >= 4 is 34.8 Å². The maximum atomic E-state index is 12.0. The van der Waals surface area contributed by atoms with Gasteiger partial charge in [0.2, 0.25) is 5.91 Å². The topological polar surface area (TPSA) is 86.3 Å². The van der Waals surface area contributed by atoms with Crippen molar-refractivity contribution in [3.05, 3.63) is 40.6 Å². The molecule has 0 saturated heterocycles. The van der Waals surface area contributed by atoms with E-state index in [1.54, 1.807) is 24.3 Å². The SMILES string of the molecule is O=C1CCC(=O)/C(=C(/[O-])CCC(=O)Nc2cccc(Cl)c2)C1. The van der Waals surface area contributed by atoms with E-state index >= 15 is 0 Å². The Morgan fingerprint density at radius 3 is 2.73 bits per heavy atom. The maximum Gasteiger partial charge on any atom is 0.224 e. The molecule has 22 heavy (non-hydrogen) atoms. The molecule has 1 N–H and O–H groups in total. The Kier molecular flexibility index (Phi) is 5.33. The van der Waals surface area contributed by atoms with E-state index in [0.717, 1.165) is 0 Å². The summed E-state index contributed by atoms with van der Waals surface area (Å²) in [5, 5.41) is 15.1. The molecule has 1 aliphatic rings. The molecule has 0 radical (unpaired) electrons. The van der Waals surface area contributed by atoms with Gasteiger partial charge in [0.05, 0.1) is 0 Å². The van der Waals surface area contributed by atoms with Crippen LogP contribution in [0.4, 0.5) is 5.69 Å². The number of hydrogen-bond acceptors (Lipinski definition) is 4. The summed E-state index contributed by atoms with van der Waals surface area (Å²) in [6, 6.07) is 6.66. The predicted octanol–water partition coefficient (Wildman–Crippen LogP) is 2.00. The van der Waals surface area contributed by atoms with E-state index in [4.69, 9.17) is 11.6 Å². The highest BCUT2D eigenvalue weighted by atomic mass is 35.5. The molecule has 6 heteroatoms. The number of halogens is 1. The number of nitrogens with one attached hydrogen (secondary N) is 1. The lowest BCUT2D eigenvalue weighted by Gasteiger charge is -2.21. The third-order valence-electron chi connectivity index (χ3n) is 3.37. The molecule has 0 aromatic heterocycles. The van der Waals surface area contributed by atoms with Crippen LogP contribution >= 0.6 is 11.6 Å². The lowest BCUT2D eigenvalue weighted by molar-refractivity contribution is -0.308. The van der Waals surface area contributed by atoms with Gasteiger partial charge >= 0.3 is 0 Å². The molecule has 1 aromatic rings. The zero-order valence-electron chi connectivity index (χ0n) is 11.9. The molecular weight excluding hydrogens is 306 g/mol. The van der Waals surface area contributed by atoms with E-state index in [2.05, 4.69) is 5.32 Å². The van der Waals surface area contributed by atoms with Crippen LogP contribution in [0, 0.1) is 0 Å². The highest BCUT2D eigenvalue weighted by Crippen LogP contribution is 2.21. The van der Waals surface area contributed by atoms with E-state index in [1.807, 2.05) is 0 Å². The molecule has 0 spiro atoms. The van der Waals surface area contributed by atoms with Gasteiger partial charge in [0.1, 0.15) is 5.78 Å². The number of allylic oxidation sites excluding steroid dienone is 2. The number of amides is 1. The fourth-order valence-corrected chi connectivity index (χ4v) is 2.40. The Hall–Kier alpha value is -2.14. The molecule has 1 aromatic carbocycles. The number of benzene rings is 1. The summed E-state index contributed by atoms with van der Waals surface area (Å²) in [4.78, 5) is 34.7. The van der Waals surface area contributed by atoms with Gasteiger partial charge in [0.15, 0.2) is 5.78 Å². The van der Waals surface area contributed by atoms with Crippen LogP contribution in [-0.4, -0.2) is 17.5 Å². The van der Waals surface area contributed by atoms with E-state index in [0.29, 0.717) is 10.7 Å². The molecule has 0 aliphatic heterocycles. The smallest absolute Gasteiger partial charge is 0.224 e. The standard InChI is InChI=1S/C16H16ClNO4/c17-10-2-1-3-11(8-10)18-16(22)7-6-15(21)13-9-12(19)4-5-14(13)20/h1-3,8,21H,4-7,9H2,(H,18,22)/p-1/b15-13+. The minimum Gasteiger partial charge on any atom is -0.875 e. The molecule has 0 bridgehead atoms. The van der Waals surface area contributed by atoms with Gasteiger partial charge in [-0.1, -0.05) is 17.7 Å². The van der Waals surface area contributed by atoms with E-state index in [-0.39, 0.29) is 55.2 Å². The second-order valence-corrected chi connectivity index (χ2v) is 5.54. The Bertz CT molecular complexity index is 651. The van der Waals surface area contributed by atoms with Crippen LogP contribution in [0.25, 0.3) is 0 Å². The largest absolute Gasteiger partial charge is 0.875 e. The Labute approximate surface area is 133 Å². The minimum atomic E-state index is -0.417. The summed E-state index contributed by atoms with van der Waals surface area (Å²) in [5.74, 6) is -1.14. The van der Waals surface area contributed by atoms with Gasteiger partial charge in [-0.25, -0.2) is 0 Å². The normalized spacial score (nSPS) is 17.3. The first-order valence-corrected chi connectivity index (χ1v) is 7.33. The Morgan fingerprint density at radius 2 is 2.00 bits per heavy atom. The van der Waals surface area contributed by atoms with E-state index in [9.17, 15) is 19.5 Å². The first kappa shape index (κ1) is 16.2. The summed E-state index contributed by atoms with van der Waals surface area (Å²) in [7, 11) is 0. The molecule has 0 unspecified atom stereocenters. The zero-order valence-corrected chi connectivity index (χ0v) is 12.6. The van der Waals surface area contributed by atoms with Gasteiger partial charge in [-0.3, -0.25) is 14.4 Å². The number of Topliss-reactive ketones (excluding diaryl/α,β-unsaturated/α-hetero) is 2. The van der Waals surface area contributed by atoms with Crippen molar-refractivity contribution in [1.82, 2.24) is 0 Å². The van der Waals surface area contributed by atoms with Crippen molar-refractivity contribution < 1.29 is 19.5 Å². The van der Waals surface area contributed by atoms with Gasteiger partial charge in [0.25, 0.3) is 0 Å². The third kappa shape index (κ3) is 4.43. The first-order chi connectivity index (χ1) is 10.5. The van der Waals surface area contributed by atoms with Crippen LogP contribution in [0.3, 0.4) is 0 Å². The van der Waals surface area contributed by atoms with Crippen LogP contribution in [0.2, 0.25) is 5.02 Å². The van der Waals surface area contributed by atoms with Crippen LogP contribution in [0.15, 0.2) is 35.6 Å². The molecule has 5 nitrogen and oxygen atoms in total. The third-order valence-corrected chi connectivity index (χ3v) is 3.60. The number of rotatable bonds is 4. The van der Waals surface area contributed by atoms with Crippen molar-refractivity contribution in [1.29, 1.82) is 0 Å². The highest BCUT2D eigenvalue weighted by molar-refractivity contribution is 6.30. The van der Waals surface area contributed by atoms with E-state index < -0.39 is 5.76 Å². The maximum absolute atomic E-state index is 12.0. The van der Waals surface area contributed by atoms with Crippen molar-refractivity contribution in [2.75, 3.05) is 5.32 Å². The number of anilines is 1. The zero-order chi connectivity index (χ0) is 16.1. The number of ketones is 2. The molecule has 0 atom stereocenters. The summed E-state index contributed by atoms with van der Waals surface area (Å²) in [5.41, 5.74) is 0.577. The minimum absolute atomic E-state index is 0.0341. The fourth-order valence-electron chi connectivity index (χ4n) is 2.21. The summed E-state index contributed by atoms with van der Waals surface area (Å²) in [6.07, 6.45) is 0.0597. The lowest BCUT2D eigenvalue weighted by atomic mass is 9.90. The predicted molar refractivity (Wildman–Crippen MR) is 80.2 cm³/mol. The van der Waals surface area contributed by atoms with Crippen LogP contribution < -0.4 is 10.4 Å². The average Bonchev–Trinajstić information content (AvgIpc) is 2.47. The molecule has 2 rings (SSSR count). The number of carbonyl (C=O) groups excluding carboxylic acids is 3. The van der Waals surface area contributed by atoms with Crippen LogP contribution in [0.1, 0.15) is 32.1 Å². The second kappa shape index (κ2) is 7.22. The van der Waals surface area contributed by atoms with Gasteiger partial charge in [-0.2, -0.15) is 0 Å².